The van der Waals surface area contributed by atoms with Gasteiger partial charge in [-0.3, -0.25) is 9.59 Å². The Morgan fingerprint density at radius 2 is 1.78 bits per heavy atom. The van der Waals surface area contributed by atoms with Crippen molar-refractivity contribution in [2.75, 3.05) is 32.8 Å². The number of amides is 2. The molecule has 5 nitrogen and oxygen atoms in total. The number of aryl methyl sites for hydroxylation is 1. The van der Waals surface area contributed by atoms with E-state index in [-0.39, 0.29) is 11.8 Å². The third-order valence-corrected chi connectivity index (χ3v) is 4.16. The van der Waals surface area contributed by atoms with Gasteiger partial charge in [0.2, 0.25) is 5.91 Å². The summed E-state index contributed by atoms with van der Waals surface area (Å²) >= 11 is 0. The molecule has 0 saturated carbocycles. The molecule has 0 bridgehead atoms. The second-order valence-corrected chi connectivity index (χ2v) is 5.79. The van der Waals surface area contributed by atoms with Gasteiger partial charge in [0.05, 0.1) is 6.61 Å². The lowest BCUT2D eigenvalue weighted by Gasteiger charge is -2.22. The molecule has 0 radical (unpaired) electrons. The van der Waals surface area contributed by atoms with Crippen LogP contribution in [0.15, 0.2) is 18.2 Å². The molecule has 1 fully saturated rings. The molecule has 1 aliphatic rings. The van der Waals surface area contributed by atoms with Crippen molar-refractivity contribution >= 4 is 11.8 Å². The summed E-state index contributed by atoms with van der Waals surface area (Å²) in [6, 6.07) is 5.56. The first-order valence-corrected chi connectivity index (χ1v) is 8.37. The quantitative estimate of drug-likeness (QED) is 0.857. The number of carbonyl (C=O) groups is 2. The fraction of sp³-hybridized carbons (Fsp3) is 0.556. The maximum absolute atomic E-state index is 12.7. The molecule has 1 aromatic carbocycles. The van der Waals surface area contributed by atoms with Crippen LogP contribution in [0.2, 0.25) is 0 Å². The molecule has 1 heterocycles. The second kappa shape index (κ2) is 7.99. The van der Waals surface area contributed by atoms with Crippen molar-refractivity contribution in [2.45, 2.75) is 33.6 Å². The van der Waals surface area contributed by atoms with Crippen LogP contribution in [-0.2, 0) is 4.79 Å². The van der Waals surface area contributed by atoms with Gasteiger partial charge in [-0.25, -0.2) is 0 Å². The number of hydrogen-bond acceptors (Lipinski definition) is 3. The zero-order chi connectivity index (χ0) is 16.8. The highest BCUT2D eigenvalue weighted by Gasteiger charge is 2.22. The van der Waals surface area contributed by atoms with E-state index in [1.165, 1.54) is 0 Å². The van der Waals surface area contributed by atoms with Crippen LogP contribution in [0.25, 0.3) is 0 Å². The van der Waals surface area contributed by atoms with E-state index in [2.05, 4.69) is 0 Å². The van der Waals surface area contributed by atoms with Gasteiger partial charge in [0.1, 0.15) is 5.75 Å². The van der Waals surface area contributed by atoms with E-state index in [4.69, 9.17) is 4.74 Å². The zero-order valence-corrected chi connectivity index (χ0v) is 14.3. The summed E-state index contributed by atoms with van der Waals surface area (Å²) in [4.78, 5) is 28.2. The van der Waals surface area contributed by atoms with Crippen LogP contribution in [0.4, 0.5) is 0 Å². The van der Waals surface area contributed by atoms with Gasteiger partial charge in [-0.1, -0.05) is 6.92 Å². The molecule has 126 valence electrons. The van der Waals surface area contributed by atoms with Gasteiger partial charge < -0.3 is 14.5 Å². The molecule has 1 saturated heterocycles. The standard InChI is InChI=1S/C18H26N2O3/c1-4-17(21)19-9-6-10-20(12-11-19)18(22)15-7-8-16(23-5-2)14(3)13-15/h7-8,13H,4-6,9-12H2,1-3H3. The first-order valence-electron chi connectivity index (χ1n) is 8.37. The Hall–Kier alpha value is -2.04. The number of rotatable bonds is 4. The fourth-order valence-electron chi connectivity index (χ4n) is 2.88. The Labute approximate surface area is 138 Å². The molecule has 0 spiro atoms. The van der Waals surface area contributed by atoms with Gasteiger partial charge in [-0.2, -0.15) is 0 Å². The molecule has 2 amide bonds. The molecule has 0 atom stereocenters. The lowest BCUT2D eigenvalue weighted by Crippen LogP contribution is -2.37. The summed E-state index contributed by atoms with van der Waals surface area (Å²) in [5.41, 5.74) is 1.65. The van der Waals surface area contributed by atoms with Crippen LogP contribution < -0.4 is 4.74 Å². The van der Waals surface area contributed by atoms with Crippen LogP contribution in [0.5, 0.6) is 5.75 Å². The molecule has 1 aliphatic heterocycles. The lowest BCUT2D eigenvalue weighted by atomic mass is 10.1. The van der Waals surface area contributed by atoms with E-state index < -0.39 is 0 Å². The maximum Gasteiger partial charge on any atom is 0.253 e. The Bertz CT molecular complexity index is 571. The molecule has 23 heavy (non-hydrogen) atoms. The van der Waals surface area contributed by atoms with Gasteiger partial charge >= 0.3 is 0 Å². The van der Waals surface area contributed by atoms with Crippen LogP contribution in [-0.4, -0.2) is 54.4 Å². The Balaban J connectivity index is 2.05. The first kappa shape index (κ1) is 17.3. The highest BCUT2D eigenvalue weighted by molar-refractivity contribution is 5.94. The van der Waals surface area contributed by atoms with E-state index in [1.807, 2.05) is 48.8 Å². The Morgan fingerprint density at radius 1 is 1.09 bits per heavy atom. The normalized spacial score (nSPS) is 15.3. The number of ether oxygens (including phenoxy) is 1. The number of carbonyl (C=O) groups excluding carboxylic acids is 2. The van der Waals surface area contributed by atoms with Gasteiger partial charge in [0, 0.05) is 38.2 Å². The third kappa shape index (κ3) is 4.24. The molecule has 0 N–H and O–H groups in total. The van der Waals surface area contributed by atoms with Crippen molar-refractivity contribution in [3.8, 4) is 5.75 Å². The van der Waals surface area contributed by atoms with Crippen LogP contribution in [0.3, 0.4) is 0 Å². The number of hydrogen-bond donors (Lipinski definition) is 0. The van der Waals surface area contributed by atoms with E-state index in [0.717, 1.165) is 24.3 Å². The fourth-order valence-corrected chi connectivity index (χ4v) is 2.88. The van der Waals surface area contributed by atoms with E-state index in [9.17, 15) is 9.59 Å². The molecule has 0 aliphatic carbocycles. The average molecular weight is 318 g/mol. The summed E-state index contributed by atoms with van der Waals surface area (Å²) in [5.74, 6) is 1.01. The van der Waals surface area contributed by atoms with Crippen molar-refractivity contribution in [2.24, 2.45) is 0 Å². The summed E-state index contributed by atoms with van der Waals surface area (Å²) < 4.78 is 5.52. The smallest absolute Gasteiger partial charge is 0.253 e. The molecular formula is C18H26N2O3. The number of nitrogens with zero attached hydrogens (tertiary/aromatic N) is 2. The summed E-state index contributed by atoms with van der Waals surface area (Å²) in [5, 5.41) is 0. The predicted octanol–water partition coefficient (Wildman–Crippen LogP) is 2.48. The van der Waals surface area contributed by atoms with E-state index in [1.54, 1.807) is 0 Å². The van der Waals surface area contributed by atoms with Crippen molar-refractivity contribution in [3.63, 3.8) is 0 Å². The SMILES string of the molecule is CCOc1ccc(C(=O)N2CCCN(C(=O)CC)CC2)cc1C. The highest BCUT2D eigenvalue weighted by atomic mass is 16.5. The third-order valence-electron chi connectivity index (χ3n) is 4.16. The zero-order valence-electron chi connectivity index (χ0n) is 14.3. The average Bonchev–Trinajstić information content (AvgIpc) is 2.81. The molecule has 2 rings (SSSR count). The Morgan fingerprint density at radius 3 is 2.43 bits per heavy atom. The first-order chi connectivity index (χ1) is 11.1. The molecule has 0 unspecified atom stereocenters. The van der Waals surface area contributed by atoms with Gasteiger partial charge in [0.15, 0.2) is 0 Å². The maximum atomic E-state index is 12.7. The van der Waals surface area contributed by atoms with Crippen LogP contribution in [0.1, 0.15) is 42.6 Å². The topological polar surface area (TPSA) is 49.9 Å². The monoisotopic (exact) mass is 318 g/mol. The summed E-state index contributed by atoms with van der Waals surface area (Å²) in [6.07, 6.45) is 1.35. The summed E-state index contributed by atoms with van der Waals surface area (Å²) in [7, 11) is 0. The van der Waals surface area contributed by atoms with Gasteiger partial charge in [0.25, 0.3) is 5.91 Å². The minimum atomic E-state index is 0.0296. The molecular weight excluding hydrogens is 292 g/mol. The van der Waals surface area contributed by atoms with Crippen molar-refractivity contribution < 1.29 is 14.3 Å². The molecule has 1 aromatic rings. The van der Waals surface area contributed by atoms with Crippen molar-refractivity contribution in [1.82, 2.24) is 9.80 Å². The second-order valence-electron chi connectivity index (χ2n) is 5.79. The number of benzene rings is 1. The van der Waals surface area contributed by atoms with E-state index in [0.29, 0.717) is 38.2 Å². The minimum absolute atomic E-state index is 0.0296. The van der Waals surface area contributed by atoms with E-state index >= 15 is 0 Å². The minimum Gasteiger partial charge on any atom is -0.494 e. The van der Waals surface area contributed by atoms with Crippen molar-refractivity contribution in [1.29, 1.82) is 0 Å². The molecule has 5 heteroatoms. The lowest BCUT2D eigenvalue weighted by molar-refractivity contribution is -0.130. The van der Waals surface area contributed by atoms with Crippen LogP contribution >= 0.6 is 0 Å². The van der Waals surface area contributed by atoms with Gasteiger partial charge in [-0.15, -0.1) is 0 Å². The highest BCUT2D eigenvalue weighted by Crippen LogP contribution is 2.20. The van der Waals surface area contributed by atoms with Crippen molar-refractivity contribution in [3.05, 3.63) is 29.3 Å². The van der Waals surface area contributed by atoms with Crippen LogP contribution in [0, 0.1) is 6.92 Å². The molecule has 0 aromatic heterocycles. The predicted molar refractivity (Wildman–Crippen MR) is 89.7 cm³/mol. The summed E-state index contributed by atoms with van der Waals surface area (Å²) in [6.45, 7) is 9.02. The Kier molecular flexibility index (Phi) is 6.02. The largest absolute Gasteiger partial charge is 0.494 e. The van der Waals surface area contributed by atoms with Gasteiger partial charge in [-0.05, 0) is 44.0 Å².